The summed E-state index contributed by atoms with van der Waals surface area (Å²) in [4.78, 5) is 11.6. The highest BCUT2D eigenvalue weighted by Gasteiger charge is 2.25. The van der Waals surface area contributed by atoms with Gasteiger partial charge in [0.1, 0.15) is 11.6 Å². The summed E-state index contributed by atoms with van der Waals surface area (Å²) in [7, 11) is 1.90. The van der Waals surface area contributed by atoms with Crippen LogP contribution in [0.1, 0.15) is 36.8 Å². The van der Waals surface area contributed by atoms with E-state index in [9.17, 15) is 9.18 Å². The van der Waals surface area contributed by atoms with Crippen LogP contribution in [-0.2, 0) is 13.6 Å². The Hall–Kier alpha value is -1.98. The molecule has 100 valence electrons. The molecule has 0 saturated heterocycles. The summed E-state index contributed by atoms with van der Waals surface area (Å²) in [5.41, 5.74) is -0.241. The van der Waals surface area contributed by atoms with E-state index in [1.165, 1.54) is 23.3 Å². The van der Waals surface area contributed by atoms with Crippen molar-refractivity contribution in [2.75, 3.05) is 0 Å². The fraction of sp³-hybridized carbons (Fsp3) is 0.462. The van der Waals surface area contributed by atoms with E-state index in [4.69, 9.17) is 0 Å². The van der Waals surface area contributed by atoms with Crippen molar-refractivity contribution < 1.29 is 4.39 Å². The molecule has 1 saturated carbocycles. The minimum atomic E-state index is -0.430. The summed E-state index contributed by atoms with van der Waals surface area (Å²) in [6, 6.07) is 2.38. The van der Waals surface area contributed by atoms with Crippen LogP contribution in [0.2, 0.25) is 0 Å². The van der Waals surface area contributed by atoms with Gasteiger partial charge in [0.25, 0.3) is 5.56 Å². The molecule has 2 heterocycles. The first-order valence-corrected chi connectivity index (χ1v) is 6.39. The lowest BCUT2D eigenvalue weighted by molar-refractivity contribution is 0.391. The largest absolute Gasteiger partial charge is 0.316 e. The molecule has 1 aliphatic carbocycles. The van der Waals surface area contributed by atoms with Gasteiger partial charge < -0.3 is 9.13 Å². The van der Waals surface area contributed by atoms with Crippen molar-refractivity contribution in [3.8, 4) is 0 Å². The van der Waals surface area contributed by atoms with Gasteiger partial charge in [-0.15, -0.1) is 10.2 Å². The number of aromatic nitrogens is 4. The molecule has 0 bridgehead atoms. The first kappa shape index (κ1) is 12.1. The van der Waals surface area contributed by atoms with Gasteiger partial charge in [-0.3, -0.25) is 4.79 Å². The van der Waals surface area contributed by atoms with Crippen LogP contribution in [0.3, 0.4) is 0 Å². The van der Waals surface area contributed by atoms with Crippen molar-refractivity contribution in [3.05, 3.63) is 46.1 Å². The molecule has 0 aromatic carbocycles. The van der Waals surface area contributed by atoms with Crippen LogP contribution in [-0.4, -0.2) is 19.3 Å². The van der Waals surface area contributed by atoms with Gasteiger partial charge in [0, 0.05) is 25.2 Å². The van der Waals surface area contributed by atoms with Crippen molar-refractivity contribution in [2.24, 2.45) is 7.05 Å². The molecule has 0 N–H and O–H groups in total. The Morgan fingerprint density at radius 1 is 1.37 bits per heavy atom. The average molecular weight is 262 g/mol. The maximum atomic E-state index is 13.1. The van der Waals surface area contributed by atoms with Crippen LogP contribution in [0.25, 0.3) is 0 Å². The molecule has 1 fully saturated rings. The smallest absolute Gasteiger partial charge is 0.251 e. The van der Waals surface area contributed by atoms with Crippen molar-refractivity contribution in [1.82, 2.24) is 19.3 Å². The minimum absolute atomic E-state index is 0.241. The number of pyridine rings is 1. The lowest BCUT2D eigenvalue weighted by atomic mass is 9.85. The van der Waals surface area contributed by atoms with E-state index in [1.54, 1.807) is 0 Å². The van der Waals surface area contributed by atoms with E-state index in [0.717, 1.165) is 24.7 Å². The fourth-order valence-corrected chi connectivity index (χ4v) is 2.31. The van der Waals surface area contributed by atoms with Gasteiger partial charge in [-0.1, -0.05) is 6.42 Å². The first-order chi connectivity index (χ1) is 9.15. The molecule has 0 spiro atoms. The maximum absolute atomic E-state index is 13.1. The SMILES string of the molecule is Cn1c(Cn2cc(F)ccc2=O)nnc1C1CCC1. The molecule has 5 nitrogen and oxygen atoms in total. The molecular formula is C13H15FN4O. The van der Waals surface area contributed by atoms with Gasteiger partial charge in [-0.25, -0.2) is 4.39 Å². The van der Waals surface area contributed by atoms with Crippen molar-refractivity contribution in [1.29, 1.82) is 0 Å². The highest BCUT2D eigenvalue weighted by molar-refractivity contribution is 5.06. The van der Waals surface area contributed by atoms with E-state index in [1.807, 2.05) is 11.6 Å². The van der Waals surface area contributed by atoms with E-state index in [2.05, 4.69) is 10.2 Å². The van der Waals surface area contributed by atoms with Crippen LogP contribution in [0.5, 0.6) is 0 Å². The molecule has 2 aromatic rings. The quantitative estimate of drug-likeness (QED) is 0.841. The lowest BCUT2D eigenvalue weighted by Gasteiger charge is -2.24. The number of nitrogens with zero attached hydrogens (tertiary/aromatic N) is 4. The highest BCUT2D eigenvalue weighted by Crippen LogP contribution is 2.35. The molecule has 1 aliphatic rings. The monoisotopic (exact) mass is 262 g/mol. The second kappa shape index (κ2) is 4.60. The lowest BCUT2D eigenvalue weighted by Crippen LogP contribution is -2.22. The molecule has 0 aliphatic heterocycles. The van der Waals surface area contributed by atoms with Gasteiger partial charge >= 0.3 is 0 Å². The summed E-state index contributed by atoms with van der Waals surface area (Å²) in [6.45, 7) is 0.243. The fourth-order valence-electron chi connectivity index (χ4n) is 2.31. The van der Waals surface area contributed by atoms with Crippen LogP contribution in [0, 0.1) is 5.82 Å². The standard InChI is InChI=1S/C13H15FN4O/c1-17-11(15-16-13(17)9-3-2-4-9)8-18-7-10(14)5-6-12(18)19/h5-7,9H,2-4,8H2,1H3. The Kier molecular flexibility index (Phi) is 2.93. The molecule has 0 atom stereocenters. The molecule has 0 amide bonds. The topological polar surface area (TPSA) is 52.7 Å². The molecule has 19 heavy (non-hydrogen) atoms. The Bertz CT molecular complexity index is 657. The molecule has 0 radical (unpaired) electrons. The van der Waals surface area contributed by atoms with E-state index in [0.29, 0.717) is 11.7 Å². The second-order valence-electron chi connectivity index (χ2n) is 4.97. The summed E-state index contributed by atoms with van der Waals surface area (Å²) in [6.07, 6.45) is 4.72. The Labute approximate surface area is 109 Å². The van der Waals surface area contributed by atoms with E-state index >= 15 is 0 Å². The van der Waals surface area contributed by atoms with Crippen LogP contribution < -0.4 is 5.56 Å². The van der Waals surface area contributed by atoms with Crippen LogP contribution in [0.4, 0.5) is 4.39 Å². The molecule has 6 heteroatoms. The number of hydrogen-bond donors (Lipinski definition) is 0. The maximum Gasteiger partial charge on any atom is 0.251 e. The van der Waals surface area contributed by atoms with E-state index < -0.39 is 5.82 Å². The van der Waals surface area contributed by atoms with Gasteiger partial charge in [-0.05, 0) is 18.9 Å². The molecular weight excluding hydrogens is 247 g/mol. The summed E-state index contributed by atoms with van der Waals surface area (Å²) in [5, 5.41) is 8.31. The van der Waals surface area contributed by atoms with Crippen molar-refractivity contribution in [3.63, 3.8) is 0 Å². The number of rotatable bonds is 3. The van der Waals surface area contributed by atoms with Crippen molar-refractivity contribution in [2.45, 2.75) is 31.7 Å². The molecule has 0 unspecified atom stereocenters. The minimum Gasteiger partial charge on any atom is -0.316 e. The van der Waals surface area contributed by atoms with Gasteiger partial charge in [0.15, 0.2) is 5.82 Å². The zero-order valence-corrected chi connectivity index (χ0v) is 10.7. The summed E-state index contributed by atoms with van der Waals surface area (Å²) < 4.78 is 16.4. The Morgan fingerprint density at radius 3 is 2.84 bits per heavy atom. The molecule has 3 rings (SSSR count). The van der Waals surface area contributed by atoms with Crippen molar-refractivity contribution >= 4 is 0 Å². The molecule has 2 aromatic heterocycles. The predicted octanol–water partition coefficient (Wildman–Crippen LogP) is 1.43. The van der Waals surface area contributed by atoms with Gasteiger partial charge in [0.2, 0.25) is 0 Å². The third-order valence-electron chi connectivity index (χ3n) is 3.73. The predicted molar refractivity (Wildman–Crippen MR) is 67.4 cm³/mol. The normalized spacial score (nSPS) is 15.5. The third-order valence-corrected chi connectivity index (χ3v) is 3.73. The van der Waals surface area contributed by atoms with Gasteiger partial charge in [-0.2, -0.15) is 0 Å². The Balaban J connectivity index is 1.89. The average Bonchev–Trinajstić information content (AvgIpc) is 2.65. The van der Waals surface area contributed by atoms with E-state index in [-0.39, 0.29) is 12.1 Å². The highest BCUT2D eigenvalue weighted by atomic mass is 19.1. The van der Waals surface area contributed by atoms with Gasteiger partial charge in [0.05, 0.1) is 6.54 Å². The second-order valence-corrected chi connectivity index (χ2v) is 4.97. The summed E-state index contributed by atoms with van der Waals surface area (Å²) in [5.74, 6) is 1.69. The summed E-state index contributed by atoms with van der Waals surface area (Å²) >= 11 is 0. The number of hydrogen-bond acceptors (Lipinski definition) is 3. The van der Waals surface area contributed by atoms with Crippen LogP contribution >= 0.6 is 0 Å². The zero-order chi connectivity index (χ0) is 13.4. The zero-order valence-electron chi connectivity index (χ0n) is 10.7. The number of halogens is 1. The Morgan fingerprint density at radius 2 is 2.16 bits per heavy atom. The van der Waals surface area contributed by atoms with Crippen LogP contribution in [0.15, 0.2) is 23.1 Å². The first-order valence-electron chi connectivity index (χ1n) is 6.39. The third kappa shape index (κ3) is 2.18.